The Morgan fingerprint density at radius 1 is 1.17 bits per heavy atom. The van der Waals surface area contributed by atoms with Gasteiger partial charge in [-0.15, -0.1) is 0 Å². The number of rotatable bonds is 3. The van der Waals surface area contributed by atoms with Crippen LogP contribution in [-0.2, 0) is 6.42 Å². The molecule has 2 rings (SSSR count). The minimum atomic E-state index is 0.465. The van der Waals surface area contributed by atoms with E-state index in [-0.39, 0.29) is 0 Å². The quantitative estimate of drug-likeness (QED) is 0.877. The van der Waals surface area contributed by atoms with Gasteiger partial charge in [0.1, 0.15) is 6.07 Å². The second-order valence-electron chi connectivity index (χ2n) is 3.95. The summed E-state index contributed by atoms with van der Waals surface area (Å²) in [6, 6.07) is 15.6. The Kier molecular flexibility index (Phi) is 3.86. The largest absolute Gasteiger partial charge is 0.354 e. The van der Waals surface area contributed by atoms with Crippen LogP contribution >= 0.6 is 11.6 Å². The molecule has 0 heterocycles. The SMILES string of the molecule is CCc1ccc(Nc2cccc(Cl)c2C#N)cc1. The van der Waals surface area contributed by atoms with Crippen molar-refractivity contribution in [3.63, 3.8) is 0 Å². The molecule has 1 N–H and O–H groups in total. The first-order valence-corrected chi connectivity index (χ1v) is 6.17. The van der Waals surface area contributed by atoms with Gasteiger partial charge in [-0.2, -0.15) is 5.26 Å². The molecule has 2 aromatic carbocycles. The number of benzene rings is 2. The molecule has 0 atom stereocenters. The van der Waals surface area contributed by atoms with Gasteiger partial charge in [0.15, 0.2) is 0 Å². The van der Waals surface area contributed by atoms with Crippen LogP contribution in [0.25, 0.3) is 0 Å². The van der Waals surface area contributed by atoms with E-state index in [0.29, 0.717) is 10.6 Å². The summed E-state index contributed by atoms with van der Waals surface area (Å²) in [5.41, 5.74) is 3.44. The number of halogens is 1. The molecule has 0 fully saturated rings. The lowest BCUT2D eigenvalue weighted by Gasteiger charge is -2.09. The first-order chi connectivity index (χ1) is 8.74. The zero-order valence-corrected chi connectivity index (χ0v) is 10.8. The highest BCUT2D eigenvalue weighted by atomic mass is 35.5. The maximum absolute atomic E-state index is 9.09. The van der Waals surface area contributed by atoms with Crippen molar-refractivity contribution >= 4 is 23.0 Å². The molecule has 0 saturated heterocycles. The van der Waals surface area contributed by atoms with Gasteiger partial charge >= 0.3 is 0 Å². The van der Waals surface area contributed by atoms with E-state index in [4.69, 9.17) is 16.9 Å². The van der Waals surface area contributed by atoms with Crippen molar-refractivity contribution in [2.45, 2.75) is 13.3 Å². The number of nitrogens with zero attached hydrogens (tertiary/aromatic N) is 1. The van der Waals surface area contributed by atoms with E-state index in [1.807, 2.05) is 24.3 Å². The predicted molar refractivity (Wildman–Crippen MR) is 75.3 cm³/mol. The molecule has 0 radical (unpaired) electrons. The van der Waals surface area contributed by atoms with E-state index in [0.717, 1.165) is 17.8 Å². The summed E-state index contributed by atoms with van der Waals surface area (Å²) in [4.78, 5) is 0. The van der Waals surface area contributed by atoms with Gasteiger partial charge in [-0.05, 0) is 36.2 Å². The fourth-order valence-corrected chi connectivity index (χ4v) is 1.94. The van der Waals surface area contributed by atoms with Gasteiger partial charge in [0.25, 0.3) is 0 Å². The van der Waals surface area contributed by atoms with E-state index in [9.17, 15) is 0 Å². The van der Waals surface area contributed by atoms with E-state index in [2.05, 4.69) is 30.4 Å². The number of hydrogen-bond donors (Lipinski definition) is 1. The summed E-state index contributed by atoms with van der Waals surface area (Å²) in [5.74, 6) is 0. The Balaban J connectivity index is 2.28. The third-order valence-corrected chi connectivity index (χ3v) is 3.08. The Hall–Kier alpha value is -1.98. The van der Waals surface area contributed by atoms with Crippen LogP contribution in [0.1, 0.15) is 18.1 Å². The van der Waals surface area contributed by atoms with Crippen molar-refractivity contribution < 1.29 is 0 Å². The lowest BCUT2D eigenvalue weighted by Crippen LogP contribution is -1.94. The van der Waals surface area contributed by atoms with Gasteiger partial charge < -0.3 is 5.32 Å². The summed E-state index contributed by atoms with van der Waals surface area (Å²) >= 11 is 5.98. The summed E-state index contributed by atoms with van der Waals surface area (Å²) < 4.78 is 0. The molecule has 2 nitrogen and oxygen atoms in total. The molecular weight excluding hydrogens is 244 g/mol. The minimum Gasteiger partial charge on any atom is -0.354 e. The van der Waals surface area contributed by atoms with Crippen LogP contribution in [0.3, 0.4) is 0 Å². The van der Waals surface area contributed by atoms with Gasteiger partial charge in [0.05, 0.1) is 16.3 Å². The minimum absolute atomic E-state index is 0.465. The highest BCUT2D eigenvalue weighted by Gasteiger charge is 2.06. The lowest BCUT2D eigenvalue weighted by molar-refractivity contribution is 1.14. The molecule has 18 heavy (non-hydrogen) atoms. The van der Waals surface area contributed by atoms with Gasteiger partial charge in [-0.3, -0.25) is 0 Å². The molecule has 0 bridgehead atoms. The van der Waals surface area contributed by atoms with Crippen molar-refractivity contribution in [3.05, 3.63) is 58.6 Å². The number of nitrogens with one attached hydrogen (secondary N) is 1. The number of anilines is 2. The van der Waals surface area contributed by atoms with Crippen molar-refractivity contribution in [1.82, 2.24) is 0 Å². The summed E-state index contributed by atoms with van der Waals surface area (Å²) in [7, 11) is 0. The van der Waals surface area contributed by atoms with Crippen molar-refractivity contribution in [2.24, 2.45) is 0 Å². The van der Waals surface area contributed by atoms with Crippen molar-refractivity contribution in [3.8, 4) is 6.07 Å². The molecule has 0 saturated carbocycles. The Bertz CT molecular complexity index is 582. The van der Waals surface area contributed by atoms with Crippen molar-refractivity contribution in [1.29, 1.82) is 5.26 Å². The summed E-state index contributed by atoms with van der Waals surface area (Å²) in [6.07, 6.45) is 1.01. The normalized spacial score (nSPS) is 9.83. The maximum Gasteiger partial charge on any atom is 0.103 e. The van der Waals surface area contributed by atoms with E-state index in [1.54, 1.807) is 6.07 Å². The standard InChI is InChI=1S/C15H13ClN2/c1-2-11-6-8-12(9-7-11)18-15-5-3-4-14(16)13(15)10-17/h3-9,18H,2H2,1H3. The molecule has 0 amide bonds. The van der Waals surface area contributed by atoms with Gasteiger partial charge in [0, 0.05) is 5.69 Å². The van der Waals surface area contributed by atoms with Crippen molar-refractivity contribution in [2.75, 3.05) is 5.32 Å². The Morgan fingerprint density at radius 2 is 1.89 bits per heavy atom. The third kappa shape index (κ3) is 2.64. The van der Waals surface area contributed by atoms with Crippen LogP contribution in [0.5, 0.6) is 0 Å². The first-order valence-electron chi connectivity index (χ1n) is 5.79. The second kappa shape index (κ2) is 5.57. The number of hydrogen-bond acceptors (Lipinski definition) is 2. The molecule has 0 unspecified atom stereocenters. The number of aryl methyl sites for hydroxylation is 1. The van der Waals surface area contributed by atoms with E-state index in [1.165, 1.54) is 5.56 Å². The zero-order chi connectivity index (χ0) is 13.0. The Morgan fingerprint density at radius 3 is 2.50 bits per heavy atom. The lowest BCUT2D eigenvalue weighted by atomic mass is 10.1. The fourth-order valence-electron chi connectivity index (χ4n) is 1.72. The second-order valence-corrected chi connectivity index (χ2v) is 4.36. The third-order valence-electron chi connectivity index (χ3n) is 2.77. The monoisotopic (exact) mass is 256 g/mol. The maximum atomic E-state index is 9.09. The predicted octanol–water partition coefficient (Wildman–Crippen LogP) is 4.52. The fraction of sp³-hybridized carbons (Fsp3) is 0.133. The van der Waals surface area contributed by atoms with Gasteiger partial charge in [-0.1, -0.05) is 36.7 Å². The van der Waals surface area contributed by atoms with Crippen LogP contribution in [0, 0.1) is 11.3 Å². The molecule has 2 aromatic rings. The van der Waals surface area contributed by atoms with Gasteiger partial charge in [-0.25, -0.2) is 0 Å². The van der Waals surface area contributed by atoms with Crippen LogP contribution in [-0.4, -0.2) is 0 Å². The average Bonchev–Trinajstić information content (AvgIpc) is 2.40. The van der Waals surface area contributed by atoms with E-state index >= 15 is 0 Å². The Labute approximate surface area is 112 Å². The highest BCUT2D eigenvalue weighted by molar-refractivity contribution is 6.32. The summed E-state index contributed by atoms with van der Waals surface area (Å²) in [6.45, 7) is 2.12. The average molecular weight is 257 g/mol. The van der Waals surface area contributed by atoms with Crippen LogP contribution in [0.15, 0.2) is 42.5 Å². The summed E-state index contributed by atoms with van der Waals surface area (Å²) in [5, 5.41) is 12.8. The smallest absolute Gasteiger partial charge is 0.103 e. The first kappa shape index (κ1) is 12.5. The van der Waals surface area contributed by atoms with Crippen LogP contribution in [0.4, 0.5) is 11.4 Å². The van der Waals surface area contributed by atoms with E-state index < -0.39 is 0 Å². The molecule has 0 aliphatic carbocycles. The molecule has 3 heteroatoms. The molecule has 90 valence electrons. The molecular formula is C15H13ClN2. The molecule has 0 spiro atoms. The van der Waals surface area contributed by atoms with Crippen LogP contribution < -0.4 is 5.32 Å². The van der Waals surface area contributed by atoms with Gasteiger partial charge in [0.2, 0.25) is 0 Å². The molecule has 0 aliphatic rings. The molecule has 0 aromatic heterocycles. The number of nitriles is 1. The zero-order valence-electron chi connectivity index (χ0n) is 10.1. The topological polar surface area (TPSA) is 35.8 Å². The molecule has 0 aliphatic heterocycles. The van der Waals surface area contributed by atoms with Crippen LogP contribution in [0.2, 0.25) is 5.02 Å². The highest BCUT2D eigenvalue weighted by Crippen LogP contribution is 2.26.